The first-order chi connectivity index (χ1) is 12.5. The molecule has 3 aliphatic rings. The minimum absolute atomic E-state index is 0.0110. The molecule has 26 heavy (non-hydrogen) atoms. The van der Waals surface area contributed by atoms with E-state index in [2.05, 4.69) is 17.4 Å². The minimum Gasteiger partial charge on any atom is -0.361 e. The maximum atomic E-state index is 12.2. The average molecular weight is 359 g/mol. The Bertz CT molecular complexity index is 676. The van der Waals surface area contributed by atoms with E-state index in [0.29, 0.717) is 29.4 Å². The number of carbonyl (C=O) groups excluding carboxylic acids is 2. The zero-order valence-corrected chi connectivity index (χ0v) is 15.7. The summed E-state index contributed by atoms with van der Waals surface area (Å²) in [5.41, 5.74) is 0.714. The van der Waals surface area contributed by atoms with Crippen LogP contribution in [0.5, 0.6) is 0 Å². The third kappa shape index (κ3) is 4.27. The van der Waals surface area contributed by atoms with Gasteiger partial charge in [0, 0.05) is 37.5 Å². The normalized spacial score (nSPS) is 26.3. The molecule has 1 N–H and O–H groups in total. The molecule has 2 aliphatic carbocycles. The molecular formula is C20H29N3O3. The average Bonchev–Trinajstić information content (AvgIpc) is 3.45. The van der Waals surface area contributed by atoms with Gasteiger partial charge in [-0.3, -0.25) is 9.59 Å². The molecule has 3 fully saturated rings. The summed E-state index contributed by atoms with van der Waals surface area (Å²) >= 11 is 0. The van der Waals surface area contributed by atoms with Crippen molar-refractivity contribution in [2.75, 3.05) is 13.1 Å². The van der Waals surface area contributed by atoms with E-state index in [1.807, 2.05) is 17.9 Å². The Labute approximate surface area is 154 Å². The van der Waals surface area contributed by atoms with E-state index < -0.39 is 0 Å². The maximum absolute atomic E-state index is 12.2. The fraction of sp³-hybridized carbons (Fsp3) is 0.750. The van der Waals surface area contributed by atoms with Gasteiger partial charge >= 0.3 is 0 Å². The zero-order valence-electron chi connectivity index (χ0n) is 15.7. The fourth-order valence-electron chi connectivity index (χ4n) is 3.98. The van der Waals surface area contributed by atoms with Crippen LogP contribution < -0.4 is 5.32 Å². The van der Waals surface area contributed by atoms with E-state index in [0.717, 1.165) is 37.6 Å². The van der Waals surface area contributed by atoms with Crippen LogP contribution in [-0.4, -0.2) is 41.0 Å². The highest BCUT2D eigenvalue weighted by Gasteiger charge is 2.38. The number of nitrogens with one attached hydrogen (secondary N) is 1. The van der Waals surface area contributed by atoms with E-state index in [4.69, 9.17) is 4.52 Å². The van der Waals surface area contributed by atoms with Gasteiger partial charge < -0.3 is 14.7 Å². The third-order valence-electron chi connectivity index (χ3n) is 6.02. The van der Waals surface area contributed by atoms with Crippen molar-refractivity contribution in [3.63, 3.8) is 0 Å². The van der Waals surface area contributed by atoms with E-state index in [1.54, 1.807) is 0 Å². The maximum Gasteiger partial charge on any atom is 0.226 e. The van der Waals surface area contributed by atoms with E-state index in [-0.39, 0.29) is 18.4 Å². The van der Waals surface area contributed by atoms with Gasteiger partial charge in [-0.05, 0) is 50.4 Å². The number of hydrogen-bond donors (Lipinski definition) is 1. The second kappa shape index (κ2) is 7.05. The van der Waals surface area contributed by atoms with Crippen LogP contribution in [0, 0.1) is 17.8 Å². The predicted octanol–water partition coefficient (Wildman–Crippen LogP) is 2.49. The minimum atomic E-state index is -0.0110. The van der Waals surface area contributed by atoms with Crippen LogP contribution >= 0.6 is 0 Å². The van der Waals surface area contributed by atoms with Gasteiger partial charge in [0.25, 0.3) is 0 Å². The van der Waals surface area contributed by atoms with Gasteiger partial charge in [-0.2, -0.15) is 0 Å². The molecule has 1 saturated heterocycles. The number of hydrogen-bond acceptors (Lipinski definition) is 4. The van der Waals surface area contributed by atoms with Crippen LogP contribution in [0.2, 0.25) is 0 Å². The first kappa shape index (κ1) is 17.6. The lowest BCUT2D eigenvalue weighted by atomic mass is 9.92. The summed E-state index contributed by atoms with van der Waals surface area (Å²) in [6, 6.07) is 2.03. The smallest absolute Gasteiger partial charge is 0.226 e. The van der Waals surface area contributed by atoms with Crippen molar-refractivity contribution >= 4 is 11.8 Å². The van der Waals surface area contributed by atoms with Gasteiger partial charge in [-0.1, -0.05) is 12.1 Å². The van der Waals surface area contributed by atoms with Gasteiger partial charge in [-0.25, -0.2) is 0 Å². The molecule has 142 valence electrons. The van der Waals surface area contributed by atoms with Gasteiger partial charge in [0.2, 0.25) is 11.8 Å². The van der Waals surface area contributed by atoms with Gasteiger partial charge in [0.05, 0.1) is 12.1 Å². The van der Waals surface area contributed by atoms with Crippen molar-refractivity contribution in [2.45, 2.75) is 64.3 Å². The van der Waals surface area contributed by atoms with Crippen LogP contribution in [-0.2, 0) is 16.0 Å². The van der Waals surface area contributed by atoms with E-state index >= 15 is 0 Å². The van der Waals surface area contributed by atoms with E-state index in [9.17, 15) is 9.59 Å². The molecule has 2 saturated carbocycles. The molecule has 3 atom stereocenters. The Hall–Kier alpha value is -1.85. The van der Waals surface area contributed by atoms with Gasteiger partial charge in [-0.15, -0.1) is 0 Å². The first-order valence-electron chi connectivity index (χ1n) is 10.0. The molecule has 2 amide bonds. The Morgan fingerprint density at radius 3 is 2.77 bits per heavy atom. The summed E-state index contributed by atoms with van der Waals surface area (Å²) in [5, 5.41) is 7.05. The molecule has 1 aromatic rings. The summed E-state index contributed by atoms with van der Waals surface area (Å²) in [6.07, 6.45) is 5.45. The lowest BCUT2D eigenvalue weighted by molar-refractivity contribution is -0.138. The largest absolute Gasteiger partial charge is 0.361 e. The number of carbonyl (C=O) groups is 2. The van der Waals surface area contributed by atoms with Crippen LogP contribution in [0.4, 0.5) is 0 Å². The molecule has 0 radical (unpaired) electrons. The number of likely N-dealkylation sites (tertiary alicyclic amines) is 1. The van der Waals surface area contributed by atoms with E-state index in [1.165, 1.54) is 19.3 Å². The van der Waals surface area contributed by atoms with Crippen molar-refractivity contribution in [3.8, 4) is 0 Å². The zero-order chi connectivity index (χ0) is 18.3. The van der Waals surface area contributed by atoms with Crippen molar-refractivity contribution in [1.82, 2.24) is 15.4 Å². The molecule has 6 nitrogen and oxygen atoms in total. The first-order valence-corrected chi connectivity index (χ1v) is 10.0. The standard InChI is InChI=1S/C20H29N3O3/c1-12-5-16(12)7-20(25)23-10-14(11-23)6-13(2)21-19(24)9-17-8-18(26-22-17)15-3-4-15/h8,12-16H,3-7,9-11H2,1-2H3,(H,21,24). The molecule has 2 heterocycles. The summed E-state index contributed by atoms with van der Waals surface area (Å²) in [6.45, 7) is 5.93. The Kier molecular flexibility index (Phi) is 4.76. The van der Waals surface area contributed by atoms with Crippen molar-refractivity contribution in [1.29, 1.82) is 0 Å². The second-order valence-corrected chi connectivity index (χ2v) is 8.72. The molecule has 0 aromatic carbocycles. The van der Waals surface area contributed by atoms with Gasteiger partial charge in [0.1, 0.15) is 5.76 Å². The Morgan fingerprint density at radius 1 is 1.38 bits per heavy atom. The molecule has 1 aromatic heterocycles. The Balaban J connectivity index is 1.13. The highest BCUT2D eigenvalue weighted by atomic mass is 16.5. The number of nitrogens with zero attached hydrogens (tertiary/aromatic N) is 2. The third-order valence-corrected chi connectivity index (χ3v) is 6.02. The number of rotatable bonds is 8. The predicted molar refractivity (Wildman–Crippen MR) is 96.4 cm³/mol. The second-order valence-electron chi connectivity index (χ2n) is 8.72. The highest BCUT2D eigenvalue weighted by Crippen LogP contribution is 2.41. The summed E-state index contributed by atoms with van der Waals surface area (Å²) in [4.78, 5) is 26.3. The topological polar surface area (TPSA) is 75.4 Å². The van der Waals surface area contributed by atoms with Crippen LogP contribution in [0.3, 0.4) is 0 Å². The molecule has 3 unspecified atom stereocenters. The number of aromatic nitrogens is 1. The lowest BCUT2D eigenvalue weighted by Gasteiger charge is -2.40. The summed E-state index contributed by atoms with van der Waals surface area (Å²) in [5.74, 6) is 3.59. The quantitative estimate of drug-likeness (QED) is 0.774. The molecule has 4 rings (SSSR count). The van der Waals surface area contributed by atoms with Crippen LogP contribution in [0.25, 0.3) is 0 Å². The molecule has 0 spiro atoms. The van der Waals surface area contributed by atoms with Crippen molar-refractivity contribution < 1.29 is 14.1 Å². The molecular weight excluding hydrogens is 330 g/mol. The Morgan fingerprint density at radius 2 is 2.12 bits per heavy atom. The van der Waals surface area contributed by atoms with Crippen molar-refractivity contribution in [2.24, 2.45) is 17.8 Å². The lowest BCUT2D eigenvalue weighted by Crippen LogP contribution is -2.52. The summed E-state index contributed by atoms with van der Waals surface area (Å²) in [7, 11) is 0. The van der Waals surface area contributed by atoms with Crippen LogP contribution in [0.15, 0.2) is 10.6 Å². The highest BCUT2D eigenvalue weighted by molar-refractivity contribution is 5.78. The summed E-state index contributed by atoms with van der Waals surface area (Å²) < 4.78 is 5.29. The molecule has 6 heteroatoms. The van der Waals surface area contributed by atoms with Crippen molar-refractivity contribution in [3.05, 3.63) is 17.5 Å². The van der Waals surface area contributed by atoms with Gasteiger partial charge in [0.15, 0.2) is 0 Å². The molecule has 0 bridgehead atoms. The van der Waals surface area contributed by atoms with Crippen LogP contribution in [0.1, 0.15) is 63.3 Å². The number of amides is 2. The SMILES string of the molecule is CC(CC1CN(C(=O)CC2CC2C)C1)NC(=O)Cc1cc(C2CC2)on1. The monoisotopic (exact) mass is 359 g/mol. The molecule has 1 aliphatic heterocycles. The fourth-order valence-corrected chi connectivity index (χ4v) is 3.98.